The maximum atomic E-state index is 13.6. The normalized spacial score (nSPS) is 15.0. The van der Waals surface area contributed by atoms with E-state index in [2.05, 4.69) is 25.9 Å². The van der Waals surface area contributed by atoms with Crippen molar-refractivity contribution in [2.75, 3.05) is 31.6 Å². The fourth-order valence-electron chi connectivity index (χ4n) is 4.93. The minimum atomic E-state index is -4.61. The van der Waals surface area contributed by atoms with Crippen LogP contribution in [0.2, 0.25) is 0 Å². The highest BCUT2D eigenvalue weighted by molar-refractivity contribution is 7.13. The number of pyridine rings is 2. The molecule has 1 atom stereocenters. The number of rotatable bonds is 8. The van der Waals surface area contributed by atoms with Crippen molar-refractivity contribution < 1.29 is 27.5 Å². The van der Waals surface area contributed by atoms with Crippen LogP contribution in [0.15, 0.2) is 46.7 Å². The molecule has 0 aliphatic carbocycles. The summed E-state index contributed by atoms with van der Waals surface area (Å²) in [5.74, 6) is -0.342. The fraction of sp³-hybridized carbons (Fsp3) is 0.345. The Labute approximate surface area is 248 Å². The maximum Gasteiger partial charge on any atom is 0.434 e. The predicted molar refractivity (Wildman–Crippen MR) is 157 cm³/mol. The molecule has 1 aromatic carbocycles. The molecule has 1 unspecified atom stereocenters. The Kier molecular flexibility index (Phi) is 8.78. The van der Waals surface area contributed by atoms with Crippen molar-refractivity contribution in [2.45, 2.75) is 33.0 Å². The second kappa shape index (κ2) is 12.5. The Bertz CT molecular complexity index is 1730. The maximum absolute atomic E-state index is 13.6. The number of ether oxygens (including phenoxy) is 1. The largest absolute Gasteiger partial charge is 0.462 e. The molecule has 4 aromatic rings. The van der Waals surface area contributed by atoms with Crippen LogP contribution in [0.1, 0.15) is 36.3 Å². The zero-order chi connectivity index (χ0) is 30.7. The van der Waals surface area contributed by atoms with Crippen molar-refractivity contribution in [2.24, 2.45) is 5.92 Å². The number of hydrogen-bond acceptors (Lipinski definition) is 8. The van der Waals surface area contributed by atoms with Crippen molar-refractivity contribution in [1.29, 1.82) is 0 Å². The van der Waals surface area contributed by atoms with Crippen LogP contribution in [0.25, 0.3) is 32.7 Å². The minimum absolute atomic E-state index is 0.0767. The number of esters is 1. The molecule has 4 heterocycles. The molecule has 14 heteroatoms. The first kappa shape index (κ1) is 30.2. The third-order valence-electron chi connectivity index (χ3n) is 6.93. The molecular weight excluding hydrogens is 585 g/mol. The molecule has 0 radical (unpaired) electrons. The summed E-state index contributed by atoms with van der Waals surface area (Å²) in [7, 11) is 0. The average Bonchev–Trinajstić information content (AvgIpc) is 3.67. The topological polar surface area (TPSA) is 127 Å². The number of nitrogens with zero attached hydrogens (tertiary/aromatic N) is 3. The molecule has 0 bridgehead atoms. The molecule has 3 N–H and O–H groups in total. The monoisotopic (exact) mass is 614 g/mol. The summed E-state index contributed by atoms with van der Waals surface area (Å²) in [6, 6.07) is 7.51. The predicted octanol–water partition coefficient (Wildman–Crippen LogP) is 5.13. The molecule has 1 fully saturated rings. The van der Waals surface area contributed by atoms with Gasteiger partial charge < -0.3 is 19.9 Å². The van der Waals surface area contributed by atoms with Gasteiger partial charge in [-0.15, -0.1) is 11.3 Å². The second-order valence-electron chi connectivity index (χ2n) is 9.98. The molecular formula is C29H29F3N6O4S. The van der Waals surface area contributed by atoms with Crippen LogP contribution in [0.4, 0.5) is 23.8 Å². The lowest BCUT2D eigenvalue weighted by Gasteiger charge is -2.17. The van der Waals surface area contributed by atoms with Crippen molar-refractivity contribution >= 4 is 40.1 Å². The minimum Gasteiger partial charge on any atom is -0.462 e. The molecule has 10 nitrogen and oxygen atoms in total. The van der Waals surface area contributed by atoms with Crippen molar-refractivity contribution in [3.8, 4) is 21.8 Å². The lowest BCUT2D eigenvalue weighted by atomic mass is 10.0. The number of benzene rings is 1. The van der Waals surface area contributed by atoms with Gasteiger partial charge in [0.2, 0.25) is 5.43 Å². The van der Waals surface area contributed by atoms with E-state index in [9.17, 15) is 27.6 Å². The van der Waals surface area contributed by atoms with Gasteiger partial charge in [-0.2, -0.15) is 13.2 Å². The number of carbonyl (C=O) groups is 2. The highest BCUT2D eigenvalue weighted by atomic mass is 32.1. The highest BCUT2D eigenvalue weighted by Crippen LogP contribution is 2.36. The lowest BCUT2D eigenvalue weighted by molar-refractivity contribution is -0.140. The van der Waals surface area contributed by atoms with E-state index in [0.717, 1.165) is 36.2 Å². The first-order valence-electron chi connectivity index (χ1n) is 13.7. The van der Waals surface area contributed by atoms with E-state index in [4.69, 9.17) is 4.74 Å². The number of carbonyl (C=O) groups excluding carboxylic acids is 2. The third kappa shape index (κ3) is 6.70. The van der Waals surface area contributed by atoms with Crippen LogP contribution in [-0.2, 0) is 17.5 Å². The molecule has 3 aromatic heterocycles. The van der Waals surface area contributed by atoms with E-state index in [-0.39, 0.29) is 34.1 Å². The van der Waals surface area contributed by atoms with Gasteiger partial charge in [0, 0.05) is 41.2 Å². The van der Waals surface area contributed by atoms with Crippen LogP contribution in [-0.4, -0.2) is 52.8 Å². The zero-order valence-corrected chi connectivity index (χ0v) is 24.2. The van der Waals surface area contributed by atoms with E-state index < -0.39 is 29.3 Å². The van der Waals surface area contributed by atoms with Gasteiger partial charge in [0.25, 0.3) is 0 Å². The molecule has 1 saturated heterocycles. The van der Waals surface area contributed by atoms with E-state index >= 15 is 0 Å². The molecule has 0 saturated carbocycles. The van der Waals surface area contributed by atoms with Gasteiger partial charge in [0.15, 0.2) is 5.69 Å². The van der Waals surface area contributed by atoms with E-state index in [1.807, 2.05) is 4.57 Å². The molecule has 0 spiro atoms. The molecule has 43 heavy (non-hydrogen) atoms. The Balaban J connectivity index is 1.65. The van der Waals surface area contributed by atoms with Crippen molar-refractivity contribution in [3.05, 3.63) is 63.4 Å². The number of urea groups is 1. The van der Waals surface area contributed by atoms with Crippen LogP contribution in [0.5, 0.6) is 0 Å². The summed E-state index contributed by atoms with van der Waals surface area (Å²) in [4.78, 5) is 46.8. The summed E-state index contributed by atoms with van der Waals surface area (Å²) in [5.41, 5.74) is 0.00168. The van der Waals surface area contributed by atoms with Gasteiger partial charge in [-0.1, -0.05) is 6.07 Å². The summed E-state index contributed by atoms with van der Waals surface area (Å²) in [5, 5.41) is 9.76. The number of nitrogens with one attached hydrogen (secondary N) is 3. The highest BCUT2D eigenvalue weighted by Gasteiger charge is 2.34. The van der Waals surface area contributed by atoms with Gasteiger partial charge >= 0.3 is 18.2 Å². The third-order valence-corrected chi connectivity index (χ3v) is 7.83. The van der Waals surface area contributed by atoms with Crippen LogP contribution in [0.3, 0.4) is 0 Å². The summed E-state index contributed by atoms with van der Waals surface area (Å²) >= 11 is 0.806. The Morgan fingerprint density at radius 1 is 1.16 bits per heavy atom. The number of thiazole rings is 1. The molecule has 5 rings (SSSR count). The average molecular weight is 615 g/mol. The Hall–Kier alpha value is -4.30. The number of halogens is 3. The van der Waals surface area contributed by atoms with Crippen LogP contribution in [0, 0.1) is 5.92 Å². The van der Waals surface area contributed by atoms with Gasteiger partial charge in [0.1, 0.15) is 16.4 Å². The number of anilines is 1. The summed E-state index contributed by atoms with van der Waals surface area (Å²) in [6.07, 6.45) is -2.13. The number of hydrogen-bond donors (Lipinski definition) is 3. The Morgan fingerprint density at radius 3 is 2.65 bits per heavy atom. The fourth-order valence-corrected chi connectivity index (χ4v) is 5.75. The van der Waals surface area contributed by atoms with Gasteiger partial charge in [-0.3, -0.25) is 10.1 Å². The van der Waals surface area contributed by atoms with Crippen molar-refractivity contribution in [3.63, 3.8) is 0 Å². The zero-order valence-electron chi connectivity index (χ0n) is 23.4. The standard InChI is InChI=1S/C29H29F3N6O4S/c1-3-34-28(41)37-24-11-18(26-36-23(15-43-26)29(30,31)32)10-21(35-24)17-5-6-22-19(9-17)25(39)20(27(40)42-4-2)14-38(22)13-16-7-8-33-12-16/h5-6,9-11,14-16,33H,3-4,7-8,12-13H2,1-2H3,(H2,34,35,37,41). The van der Waals surface area contributed by atoms with Gasteiger partial charge in [0.05, 0.1) is 17.8 Å². The van der Waals surface area contributed by atoms with E-state index in [1.54, 1.807) is 38.1 Å². The van der Waals surface area contributed by atoms with E-state index in [0.29, 0.717) is 35.7 Å². The molecule has 226 valence electrons. The molecule has 1 aliphatic rings. The first-order valence-corrected chi connectivity index (χ1v) is 14.6. The lowest BCUT2D eigenvalue weighted by Crippen LogP contribution is -2.28. The van der Waals surface area contributed by atoms with Crippen molar-refractivity contribution in [1.82, 2.24) is 25.2 Å². The first-order chi connectivity index (χ1) is 20.6. The van der Waals surface area contributed by atoms with Crippen LogP contribution < -0.4 is 21.4 Å². The number of fused-ring (bicyclic) bond motifs is 1. The molecule has 1 aliphatic heterocycles. The van der Waals surface area contributed by atoms with Gasteiger partial charge in [-0.25, -0.2) is 19.6 Å². The molecule has 2 amide bonds. The summed E-state index contributed by atoms with van der Waals surface area (Å²) in [6.45, 7) is 6.12. The van der Waals surface area contributed by atoms with Crippen LogP contribution >= 0.6 is 11.3 Å². The summed E-state index contributed by atoms with van der Waals surface area (Å²) < 4.78 is 46.9. The number of aromatic nitrogens is 3. The quantitative estimate of drug-likeness (QED) is 0.235. The smallest absolute Gasteiger partial charge is 0.434 e. The van der Waals surface area contributed by atoms with E-state index in [1.165, 1.54) is 12.3 Å². The van der Waals surface area contributed by atoms with Gasteiger partial charge in [-0.05, 0) is 63.5 Å². The SMILES string of the molecule is CCNC(=O)Nc1cc(-c2nc(C(F)(F)F)cs2)cc(-c2ccc3c(c2)c(=O)c(C(=O)OCC)cn3CC2CCNC2)n1. The number of amides is 2. The number of alkyl halides is 3. The Morgan fingerprint density at radius 2 is 1.98 bits per heavy atom. The second-order valence-corrected chi connectivity index (χ2v) is 10.8.